The van der Waals surface area contributed by atoms with Gasteiger partial charge in [-0.1, -0.05) is 45.4 Å². The Balaban J connectivity index is 1.79. The number of benzene rings is 1. The molecule has 138 valence electrons. The zero-order valence-electron chi connectivity index (χ0n) is 16.0. The summed E-state index contributed by atoms with van der Waals surface area (Å²) in [6.45, 7) is 8.68. The van der Waals surface area contributed by atoms with Gasteiger partial charge < -0.3 is 10.6 Å². The number of rotatable bonds is 6. The van der Waals surface area contributed by atoms with Crippen molar-refractivity contribution in [2.75, 3.05) is 0 Å². The topological polar surface area (TPSA) is 58.2 Å². The zero-order chi connectivity index (χ0) is 18.4. The van der Waals surface area contributed by atoms with Crippen LogP contribution in [0.3, 0.4) is 0 Å². The number of nitrogens with one attached hydrogen (secondary N) is 2. The van der Waals surface area contributed by atoms with Gasteiger partial charge in [0.05, 0.1) is 0 Å². The maximum atomic E-state index is 12.4. The van der Waals surface area contributed by atoms with E-state index >= 15 is 0 Å². The molecule has 1 unspecified atom stereocenters. The second-order valence-electron chi connectivity index (χ2n) is 7.96. The molecule has 1 saturated carbocycles. The molecule has 0 saturated heterocycles. The summed E-state index contributed by atoms with van der Waals surface area (Å²) in [5, 5.41) is 5.89. The largest absolute Gasteiger partial charge is 0.352 e. The standard InChI is InChI=1S/C21H32N2O2/c1-5-21(3,4)17-11-13-18(14-12-17)23-19(24)15(2)22-20(25)16-9-7-6-8-10-16/h6-10,15,17-18H,5,11-14H2,1-4H3,(H,22,25)(H,23,24). The Morgan fingerprint density at radius 2 is 1.72 bits per heavy atom. The minimum Gasteiger partial charge on any atom is -0.352 e. The van der Waals surface area contributed by atoms with Gasteiger partial charge in [0, 0.05) is 11.6 Å². The molecule has 0 heterocycles. The van der Waals surface area contributed by atoms with Crippen molar-refractivity contribution in [3.8, 4) is 0 Å². The van der Waals surface area contributed by atoms with Crippen LogP contribution in [0.2, 0.25) is 0 Å². The average Bonchev–Trinajstić information content (AvgIpc) is 2.62. The summed E-state index contributed by atoms with van der Waals surface area (Å²) >= 11 is 0. The summed E-state index contributed by atoms with van der Waals surface area (Å²) in [5.41, 5.74) is 0.954. The van der Waals surface area contributed by atoms with Crippen LogP contribution in [-0.4, -0.2) is 23.9 Å². The number of hydrogen-bond donors (Lipinski definition) is 2. The number of carbonyl (C=O) groups excluding carboxylic acids is 2. The normalized spacial score (nSPS) is 22.1. The molecular weight excluding hydrogens is 312 g/mol. The Hall–Kier alpha value is -1.84. The first kappa shape index (κ1) is 19.5. The summed E-state index contributed by atoms with van der Waals surface area (Å²) in [5.74, 6) is 0.431. The predicted molar refractivity (Wildman–Crippen MR) is 101 cm³/mol. The van der Waals surface area contributed by atoms with E-state index in [0.29, 0.717) is 11.0 Å². The average molecular weight is 344 g/mol. The first-order chi connectivity index (χ1) is 11.8. The highest BCUT2D eigenvalue weighted by Crippen LogP contribution is 2.40. The van der Waals surface area contributed by atoms with Crippen molar-refractivity contribution in [3.05, 3.63) is 35.9 Å². The Labute approximate surface area is 151 Å². The minimum atomic E-state index is -0.530. The number of amides is 2. The molecule has 1 aromatic rings. The Morgan fingerprint density at radius 1 is 1.12 bits per heavy atom. The van der Waals surface area contributed by atoms with Crippen LogP contribution < -0.4 is 10.6 Å². The van der Waals surface area contributed by atoms with Crippen molar-refractivity contribution in [2.45, 2.75) is 71.9 Å². The van der Waals surface area contributed by atoms with Crippen molar-refractivity contribution in [2.24, 2.45) is 11.3 Å². The highest BCUT2D eigenvalue weighted by atomic mass is 16.2. The van der Waals surface area contributed by atoms with Crippen LogP contribution in [0, 0.1) is 11.3 Å². The summed E-state index contributed by atoms with van der Waals surface area (Å²) in [6, 6.07) is 8.69. The lowest BCUT2D eigenvalue weighted by atomic mass is 9.69. The third-order valence-electron chi connectivity index (χ3n) is 5.87. The van der Waals surface area contributed by atoms with Crippen molar-refractivity contribution in [1.29, 1.82) is 0 Å². The number of carbonyl (C=O) groups is 2. The molecule has 0 bridgehead atoms. The summed E-state index contributed by atoms with van der Waals surface area (Å²) in [4.78, 5) is 24.5. The van der Waals surface area contributed by atoms with E-state index < -0.39 is 6.04 Å². The predicted octanol–water partition coefficient (Wildman–Crippen LogP) is 3.92. The fourth-order valence-corrected chi connectivity index (χ4v) is 3.57. The highest BCUT2D eigenvalue weighted by Gasteiger charge is 2.32. The Kier molecular flexibility index (Phi) is 6.63. The molecule has 1 aromatic carbocycles. The first-order valence-corrected chi connectivity index (χ1v) is 9.49. The van der Waals surface area contributed by atoms with Crippen molar-refractivity contribution >= 4 is 11.8 Å². The maximum Gasteiger partial charge on any atom is 0.251 e. The Morgan fingerprint density at radius 3 is 2.28 bits per heavy atom. The van der Waals surface area contributed by atoms with Gasteiger partial charge in [0.15, 0.2) is 0 Å². The van der Waals surface area contributed by atoms with E-state index in [0.717, 1.165) is 31.6 Å². The molecule has 1 aliphatic rings. The van der Waals surface area contributed by atoms with E-state index in [-0.39, 0.29) is 17.9 Å². The van der Waals surface area contributed by atoms with Crippen LogP contribution in [0.1, 0.15) is 70.2 Å². The molecular formula is C21H32N2O2. The van der Waals surface area contributed by atoms with Crippen LogP contribution in [0.4, 0.5) is 0 Å². The fraction of sp³-hybridized carbons (Fsp3) is 0.619. The third kappa shape index (κ3) is 5.32. The SMILES string of the molecule is CCC(C)(C)C1CCC(NC(=O)C(C)NC(=O)c2ccccc2)CC1. The lowest BCUT2D eigenvalue weighted by Gasteiger charge is -2.39. The molecule has 1 aliphatic carbocycles. The highest BCUT2D eigenvalue weighted by molar-refractivity contribution is 5.97. The van der Waals surface area contributed by atoms with E-state index in [2.05, 4.69) is 31.4 Å². The van der Waals surface area contributed by atoms with Gasteiger partial charge in [-0.3, -0.25) is 9.59 Å². The molecule has 1 fully saturated rings. The molecule has 4 nitrogen and oxygen atoms in total. The van der Waals surface area contributed by atoms with E-state index in [9.17, 15) is 9.59 Å². The Bertz CT molecular complexity index is 575. The summed E-state index contributed by atoms with van der Waals surface area (Å²) in [7, 11) is 0. The fourth-order valence-electron chi connectivity index (χ4n) is 3.57. The second-order valence-corrected chi connectivity index (χ2v) is 7.96. The first-order valence-electron chi connectivity index (χ1n) is 9.49. The van der Waals surface area contributed by atoms with Gasteiger partial charge >= 0.3 is 0 Å². The molecule has 0 aromatic heterocycles. The van der Waals surface area contributed by atoms with Crippen molar-refractivity contribution in [3.63, 3.8) is 0 Å². The lowest BCUT2D eigenvalue weighted by Crippen LogP contribution is -2.49. The third-order valence-corrected chi connectivity index (χ3v) is 5.87. The van der Waals surface area contributed by atoms with E-state index in [1.54, 1.807) is 19.1 Å². The molecule has 25 heavy (non-hydrogen) atoms. The smallest absolute Gasteiger partial charge is 0.251 e. The van der Waals surface area contributed by atoms with Crippen molar-refractivity contribution in [1.82, 2.24) is 10.6 Å². The molecule has 4 heteroatoms. The second kappa shape index (κ2) is 8.50. The molecule has 0 spiro atoms. The zero-order valence-corrected chi connectivity index (χ0v) is 16.0. The summed E-state index contributed by atoms with van der Waals surface area (Å²) < 4.78 is 0. The maximum absolute atomic E-state index is 12.4. The van der Waals surface area contributed by atoms with Gasteiger partial charge in [-0.05, 0) is 56.1 Å². The molecule has 0 radical (unpaired) electrons. The lowest BCUT2D eigenvalue weighted by molar-refractivity contribution is -0.123. The van der Waals surface area contributed by atoms with Crippen LogP contribution in [0.25, 0.3) is 0 Å². The van der Waals surface area contributed by atoms with Crippen molar-refractivity contribution < 1.29 is 9.59 Å². The van der Waals surface area contributed by atoms with Crippen LogP contribution >= 0.6 is 0 Å². The monoisotopic (exact) mass is 344 g/mol. The van der Waals surface area contributed by atoms with Crippen LogP contribution in [0.15, 0.2) is 30.3 Å². The van der Waals surface area contributed by atoms with E-state index in [1.807, 2.05) is 18.2 Å². The molecule has 0 aliphatic heterocycles. The van der Waals surface area contributed by atoms with Crippen LogP contribution in [0.5, 0.6) is 0 Å². The molecule has 2 rings (SSSR count). The molecule has 2 amide bonds. The van der Waals surface area contributed by atoms with Crippen LogP contribution in [-0.2, 0) is 4.79 Å². The van der Waals surface area contributed by atoms with Gasteiger partial charge in [0.25, 0.3) is 5.91 Å². The van der Waals surface area contributed by atoms with Gasteiger partial charge in [-0.2, -0.15) is 0 Å². The van der Waals surface area contributed by atoms with E-state index in [1.165, 1.54) is 6.42 Å². The van der Waals surface area contributed by atoms with Gasteiger partial charge in [-0.25, -0.2) is 0 Å². The number of hydrogen-bond acceptors (Lipinski definition) is 2. The van der Waals surface area contributed by atoms with Gasteiger partial charge in [0.1, 0.15) is 6.04 Å². The van der Waals surface area contributed by atoms with E-state index in [4.69, 9.17) is 0 Å². The minimum absolute atomic E-state index is 0.0949. The quantitative estimate of drug-likeness (QED) is 0.822. The van der Waals surface area contributed by atoms with Gasteiger partial charge in [-0.15, -0.1) is 0 Å². The van der Waals surface area contributed by atoms with Gasteiger partial charge in [0.2, 0.25) is 5.91 Å². The summed E-state index contributed by atoms with van der Waals surface area (Å²) in [6.07, 6.45) is 5.57. The molecule has 2 N–H and O–H groups in total. The molecule has 1 atom stereocenters.